The predicted octanol–water partition coefficient (Wildman–Crippen LogP) is 2.62. The van der Waals surface area contributed by atoms with E-state index in [2.05, 4.69) is 40.0 Å². The Balaban J connectivity index is 2.56. The zero-order valence-corrected chi connectivity index (χ0v) is 10.3. The van der Waals surface area contributed by atoms with Gasteiger partial charge in [-0.3, -0.25) is 0 Å². The van der Waals surface area contributed by atoms with Crippen molar-refractivity contribution < 1.29 is 0 Å². The molecule has 0 saturated carbocycles. The number of rotatable bonds is 4. The Morgan fingerprint density at radius 1 is 1.50 bits per heavy atom. The molecular formula is C11H17BrN2. The van der Waals surface area contributed by atoms with Gasteiger partial charge in [-0.05, 0) is 31.5 Å². The van der Waals surface area contributed by atoms with E-state index in [0.717, 1.165) is 17.4 Å². The number of hydrogen-bond acceptors (Lipinski definition) is 2. The van der Waals surface area contributed by atoms with Gasteiger partial charge in [0.1, 0.15) is 0 Å². The largest absolute Gasteiger partial charge is 0.375 e. The van der Waals surface area contributed by atoms with E-state index >= 15 is 0 Å². The first-order chi connectivity index (χ1) is 6.59. The van der Waals surface area contributed by atoms with Crippen LogP contribution in [0.15, 0.2) is 28.7 Å². The predicted molar refractivity (Wildman–Crippen MR) is 65.7 cm³/mol. The van der Waals surface area contributed by atoms with Gasteiger partial charge in [0, 0.05) is 29.8 Å². The first-order valence-corrected chi connectivity index (χ1v) is 5.61. The van der Waals surface area contributed by atoms with Gasteiger partial charge >= 0.3 is 0 Å². The molecule has 1 aromatic rings. The van der Waals surface area contributed by atoms with Crippen LogP contribution in [0.4, 0.5) is 5.69 Å². The van der Waals surface area contributed by atoms with Gasteiger partial charge in [0.2, 0.25) is 0 Å². The van der Waals surface area contributed by atoms with Crippen LogP contribution in [-0.4, -0.2) is 19.6 Å². The second-order valence-electron chi connectivity index (χ2n) is 3.67. The second-order valence-corrected chi connectivity index (χ2v) is 4.58. The molecule has 1 aromatic carbocycles. The highest BCUT2D eigenvalue weighted by atomic mass is 79.9. The Hall–Kier alpha value is -0.540. The molecule has 0 saturated heterocycles. The maximum atomic E-state index is 5.71. The Morgan fingerprint density at radius 3 is 2.79 bits per heavy atom. The normalized spacial score (nSPS) is 12.6. The molecule has 3 heteroatoms. The van der Waals surface area contributed by atoms with Crippen LogP contribution in [0.25, 0.3) is 0 Å². The molecule has 78 valence electrons. The van der Waals surface area contributed by atoms with Crippen LogP contribution in [-0.2, 0) is 0 Å². The van der Waals surface area contributed by atoms with E-state index in [1.165, 1.54) is 5.69 Å². The van der Waals surface area contributed by atoms with Crippen molar-refractivity contribution in [2.45, 2.75) is 19.4 Å². The molecule has 1 unspecified atom stereocenters. The summed E-state index contributed by atoms with van der Waals surface area (Å²) in [5, 5.41) is 0. The maximum Gasteiger partial charge on any atom is 0.0374 e. The highest BCUT2D eigenvalue weighted by Crippen LogP contribution is 2.18. The van der Waals surface area contributed by atoms with Crippen LogP contribution in [0.3, 0.4) is 0 Å². The lowest BCUT2D eigenvalue weighted by Crippen LogP contribution is -2.25. The molecule has 0 bridgehead atoms. The van der Waals surface area contributed by atoms with Crippen molar-refractivity contribution >= 4 is 21.6 Å². The van der Waals surface area contributed by atoms with Gasteiger partial charge in [0.25, 0.3) is 0 Å². The van der Waals surface area contributed by atoms with Crippen molar-refractivity contribution in [2.75, 3.05) is 18.5 Å². The van der Waals surface area contributed by atoms with Crippen molar-refractivity contribution in [3.05, 3.63) is 28.7 Å². The molecule has 0 aliphatic carbocycles. The molecule has 0 aliphatic heterocycles. The minimum absolute atomic E-state index is 0.268. The number of hydrogen-bond donors (Lipinski definition) is 1. The summed E-state index contributed by atoms with van der Waals surface area (Å²) in [6.07, 6.45) is 1.02. The second kappa shape index (κ2) is 5.37. The van der Waals surface area contributed by atoms with E-state index in [1.54, 1.807) is 0 Å². The fourth-order valence-corrected chi connectivity index (χ4v) is 1.63. The Kier molecular flexibility index (Phi) is 4.42. The summed E-state index contributed by atoms with van der Waals surface area (Å²) in [5.41, 5.74) is 6.93. The fraction of sp³-hybridized carbons (Fsp3) is 0.455. The highest BCUT2D eigenvalue weighted by molar-refractivity contribution is 9.10. The van der Waals surface area contributed by atoms with Crippen molar-refractivity contribution in [3.63, 3.8) is 0 Å². The molecule has 14 heavy (non-hydrogen) atoms. The van der Waals surface area contributed by atoms with Crippen LogP contribution in [0.1, 0.15) is 13.3 Å². The van der Waals surface area contributed by atoms with Gasteiger partial charge < -0.3 is 10.6 Å². The fourth-order valence-electron chi connectivity index (χ4n) is 1.24. The average Bonchev–Trinajstić information content (AvgIpc) is 2.14. The molecule has 1 atom stereocenters. The molecule has 2 N–H and O–H groups in total. The van der Waals surface area contributed by atoms with Gasteiger partial charge in [-0.2, -0.15) is 0 Å². The summed E-state index contributed by atoms with van der Waals surface area (Å²) in [5.74, 6) is 0. The zero-order chi connectivity index (χ0) is 10.6. The molecule has 0 fully saturated rings. The molecule has 0 radical (unpaired) electrons. The Morgan fingerprint density at radius 2 is 2.21 bits per heavy atom. The van der Waals surface area contributed by atoms with Gasteiger partial charge in [-0.25, -0.2) is 0 Å². The van der Waals surface area contributed by atoms with Gasteiger partial charge in [-0.15, -0.1) is 0 Å². The van der Waals surface area contributed by atoms with Crippen molar-refractivity contribution in [2.24, 2.45) is 5.73 Å². The standard InChI is InChI=1S/C11H17BrN2/c1-9(13)6-7-14(2)11-5-3-4-10(12)8-11/h3-5,8-9H,6-7,13H2,1-2H3. The quantitative estimate of drug-likeness (QED) is 0.898. The summed E-state index contributed by atoms with van der Waals surface area (Å²) in [7, 11) is 2.09. The number of nitrogens with two attached hydrogens (primary N) is 1. The molecule has 0 spiro atoms. The van der Waals surface area contributed by atoms with Crippen LogP contribution in [0.5, 0.6) is 0 Å². The topological polar surface area (TPSA) is 29.3 Å². The van der Waals surface area contributed by atoms with Crippen LogP contribution in [0.2, 0.25) is 0 Å². The molecule has 0 amide bonds. The third kappa shape index (κ3) is 3.68. The number of benzene rings is 1. The molecule has 1 rings (SSSR count). The van der Waals surface area contributed by atoms with Gasteiger partial charge in [0.05, 0.1) is 0 Å². The lowest BCUT2D eigenvalue weighted by molar-refractivity contribution is 0.659. The van der Waals surface area contributed by atoms with Crippen molar-refractivity contribution in [3.8, 4) is 0 Å². The Bertz CT molecular complexity index is 286. The van der Waals surface area contributed by atoms with E-state index in [9.17, 15) is 0 Å². The maximum absolute atomic E-state index is 5.71. The lowest BCUT2D eigenvalue weighted by Gasteiger charge is -2.20. The first kappa shape index (κ1) is 11.5. The van der Waals surface area contributed by atoms with E-state index in [1.807, 2.05) is 19.1 Å². The molecule has 0 aromatic heterocycles. The summed E-state index contributed by atoms with van der Waals surface area (Å²) in [6, 6.07) is 8.56. The number of nitrogens with zero attached hydrogens (tertiary/aromatic N) is 1. The summed E-state index contributed by atoms with van der Waals surface area (Å²) in [4.78, 5) is 2.22. The van der Waals surface area contributed by atoms with Crippen LogP contribution in [0, 0.1) is 0 Å². The Labute approximate surface area is 94.2 Å². The van der Waals surface area contributed by atoms with Crippen molar-refractivity contribution in [1.82, 2.24) is 0 Å². The monoisotopic (exact) mass is 256 g/mol. The molecule has 2 nitrogen and oxygen atoms in total. The summed E-state index contributed by atoms with van der Waals surface area (Å²) < 4.78 is 1.11. The summed E-state index contributed by atoms with van der Waals surface area (Å²) >= 11 is 3.46. The van der Waals surface area contributed by atoms with Gasteiger partial charge in [-0.1, -0.05) is 22.0 Å². The lowest BCUT2D eigenvalue weighted by atomic mass is 10.2. The molecule has 0 aliphatic rings. The van der Waals surface area contributed by atoms with E-state index in [0.29, 0.717) is 0 Å². The average molecular weight is 257 g/mol. The zero-order valence-electron chi connectivity index (χ0n) is 8.70. The van der Waals surface area contributed by atoms with E-state index in [-0.39, 0.29) is 6.04 Å². The van der Waals surface area contributed by atoms with E-state index < -0.39 is 0 Å². The molecule has 0 heterocycles. The highest BCUT2D eigenvalue weighted by Gasteiger charge is 2.02. The SMILES string of the molecule is CC(N)CCN(C)c1cccc(Br)c1. The van der Waals surface area contributed by atoms with Crippen LogP contribution < -0.4 is 10.6 Å². The third-order valence-corrected chi connectivity index (χ3v) is 2.66. The third-order valence-electron chi connectivity index (χ3n) is 2.17. The minimum atomic E-state index is 0.268. The molecular weight excluding hydrogens is 240 g/mol. The summed E-state index contributed by atoms with van der Waals surface area (Å²) in [6.45, 7) is 3.03. The number of anilines is 1. The minimum Gasteiger partial charge on any atom is -0.375 e. The van der Waals surface area contributed by atoms with E-state index in [4.69, 9.17) is 5.73 Å². The van der Waals surface area contributed by atoms with Crippen molar-refractivity contribution in [1.29, 1.82) is 0 Å². The smallest absolute Gasteiger partial charge is 0.0374 e. The van der Waals surface area contributed by atoms with Crippen LogP contribution >= 0.6 is 15.9 Å². The first-order valence-electron chi connectivity index (χ1n) is 4.82. The number of halogens is 1. The van der Waals surface area contributed by atoms with Gasteiger partial charge in [0.15, 0.2) is 0 Å².